The lowest BCUT2D eigenvalue weighted by Gasteiger charge is -2.18. The number of amides is 1. The molecular weight excluding hydrogens is 378 g/mol. The molecule has 2 atom stereocenters. The molecule has 0 bridgehead atoms. The van der Waals surface area contributed by atoms with E-state index >= 15 is 0 Å². The summed E-state index contributed by atoms with van der Waals surface area (Å²) < 4.78 is 1.66. The van der Waals surface area contributed by atoms with Crippen molar-refractivity contribution in [3.05, 3.63) is 76.9 Å². The number of rotatable bonds is 7. The highest BCUT2D eigenvalue weighted by Crippen LogP contribution is 2.26. The molecule has 0 saturated carbocycles. The largest absolute Gasteiger partial charge is 0.349 e. The van der Waals surface area contributed by atoms with Crippen molar-refractivity contribution < 1.29 is 9.72 Å². The molecule has 2 aromatic carbocycles. The minimum atomic E-state index is -0.444. The molecule has 0 fully saturated rings. The van der Waals surface area contributed by atoms with E-state index < -0.39 is 4.92 Å². The van der Waals surface area contributed by atoms with Crippen LogP contribution >= 0.6 is 11.8 Å². The fraction of sp³-hybridized carbons (Fsp3) is 0.211. The van der Waals surface area contributed by atoms with Crippen LogP contribution in [0.1, 0.15) is 25.5 Å². The molecule has 2 unspecified atom stereocenters. The number of nitrogens with zero attached hydrogens (tertiary/aromatic N) is 4. The number of hydrogen-bond acceptors (Lipinski definition) is 6. The van der Waals surface area contributed by atoms with Crippen molar-refractivity contribution in [3.63, 3.8) is 0 Å². The van der Waals surface area contributed by atoms with Crippen molar-refractivity contribution in [1.82, 2.24) is 20.1 Å². The Balaban J connectivity index is 1.57. The van der Waals surface area contributed by atoms with Crippen LogP contribution in [0.3, 0.4) is 0 Å². The third kappa shape index (κ3) is 4.74. The number of non-ortho nitro benzene ring substituents is 1. The summed E-state index contributed by atoms with van der Waals surface area (Å²) in [7, 11) is 0. The molecule has 1 N–H and O–H groups in total. The van der Waals surface area contributed by atoms with Crippen molar-refractivity contribution in [3.8, 4) is 5.69 Å². The van der Waals surface area contributed by atoms with E-state index in [2.05, 4.69) is 15.4 Å². The zero-order valence-corrected chi connectivity index (χ0v) is 16.2. The van der Waals surface area contributed by atoms with Gasteiger partial charge in [-0.2, -0.15) is 5.10 Å². The molecule has 0 spiro atoms. The lowest BCUT2D eigenvalue weighted by Crippen LogP contribution is -2.33. The first kappa shape index (κ1) is 19.6. The highest BCUT2D eigenvalue weighted by molar-refractivity contribution is 8.00. The molecule has 1 heterocycles. The van der Waals surface area contributed by atoms with Gasteiger partial charge < -0.3 is 5.32 Å². The van der Waals surface area contributed by atoms with Crippen LogP contribution in [0.4, 0.5) is 5.69 Å². The maximum Gasteiger partial charge on any atom is 0.269 e. The van der Waals surface area contributed by atoms with Gasteiger partial charge in [0, 0.05) is 17.0 Å². The van der Waals surface area contributed by atoms with Crippen LogP contribution in [-0.4, -0.2) is 30.8 Å². The third-order valence-electron chi connectivity index (χ3n) is 4.16. The summed E-state index contributed by atoms with van der Waals surface area (Å²) in [5, 5.41) is 17.5. The zero-order chi connectivity index (χ0) is 20.1. The second-order valence-corrected chi connectivity index (χ2v) is 7.59. The van der Waals surface area contributed by atoms with E-state index in [9.17, 15) is 14.9 Å². The van der Waals surface area contributed by atoms with E-state index in [0.717, 1.165) is 16.1 Å². The summed E-state index contributed by atoms with van der Waals surface area (Å²) in [6, 6.07) is 13.7. The summed E-state index contributed by atoms with van der Waals surface area (Å²) in [5.41, 5.74) is 1.90. The Morgan fingerprint density at radius 1 is 1.14 bits per heavy atom. The monoisotopic (exact) mass is 397 g/mol. The average Bonchev–Trinajstić information content (AvgIpc) is 3.23. The SMILES string of the molecule is CC(Sc1ccc([N+](=O)[O-])cc1)C(=O)NC(C)c1ccc(-n2cncn2)cc1. The van der Waals surface area contributed by atoms with Crippen molar-refractivity contribution in [1.29, 1.82) is 0 Å². The van der Waals surface area contributed by atoms with E-state index in [0.29, 0.717) is 0 Å². The number of aromatic nitrogens is 3. The Morgan fingerprint density at radius 3 is 2.39 bits per heavy atom. The fourth-order valence-electron chi connectivity index (χ4n) is 2.58. The molecular formula is C19H19N5O3S. The first-order valence-corrected chi connectivity index (χ1v) is 9.48. The standard InChI is InChI=1S/C19H19N5O3S/c1-13(15-3-5-16(6-4-15)23-12-20-11-21-23)22-19(25)14(2)28-18-9-7-17(8-10-18)24(26)27/h3-14H,1-2H3,(H,22,25). The maximum absolute atomic E-state index is 12.5. The number of nitro groups is 1. The Labute approximate surface area is 166 Å². The van der Waals surface area contributed by atoms with Crippen LogP contribution in [0.5, 0.6) is 0 Å². The highest BCUT2D eigenvalue weighted by Gasteiger charge is 2.18. The number of carbonyl (C=O) groups is 1. The Kier molecular flexibility index (Phi) is 6.05. The van der Waals surface area contributed by atoms with Gasteiger partial charge in [-0.15, -0.1) is 11.8 Å². The molecule has 9 heteroatoms. The maximum atomic E-state index is 12.5. The topological polar surface area (TPSA) is 103 Å². The van der Waals surface area contributed by atoms with Crippen molar-refractivity contribution in [2.45, 2.75) is 30.0 Å². The predicted octanol–water partition coefficient (Wildman–Crippen LogP) is 3.53. The molecule has 8 nitrogen and oxygen atoms in total. The van der Waals surface area contributed by atoms with Gasteiger partial charge in [-0.05, 0) is 43.7 Å². The van der Waals surface area contributed by atoms with E-state index in [1.165, 1.54) is 30.2 Å². The lowest BCUT2D eigenvalue weighted by molar-refractivity contribution is -0.384. The number of carbonyl (C=O) groups excluding carboxylic acids is 1. The van der Waals surface area contributed by atoms with Crippen molar-refractivity contribution in [2.75, 3.05) is 0 Å². The number of benzene rings is 2. The summed E-state index contributed by atoms with van der Waals surface area (Å²) >= 11 is 1.36. The number of nitro benzene ring substituents is 1. The predicted molar refractivity (Wildman–Crippen MR) is 106 cm³/mol. The molecule has 0 aliphatic heterocycles. The summed E-state index contributed by atoms with van der Waals surface area (Å²) in [6.45, 7) is 3.73. The molecule has 0 radical (unpaired) electrons. The summed E-state index contributed by atoms with van der Waals surface area (Å²) in [5.74, 6) is -0.101. The number of hydrogen-bond donors (Lipinski definition) is 1. The van der Waals surface area contributed by atoms with Gasteiger partial charge in [-0.1, -0.05) is 12.1 Å². The van der Waals surface area contributed by atoms with Gasteiger partial charge in [-0.3, -0.25) is 14.9 Å². The zero-order valence-electron chi connectivity index (χ0n) is 15.4. The fourth-order valence-corrected chi connectivity index (χ4v) is 3.45. The van der Waals surface area contributed by atoms with Gasteiger partial charge >= 0.3 is 0 Å². The summed E-state index contributed by atoms with van der Waals surface area (Å²) in [4.78, 5) is 27.5. The number of nitrogens with one attached hydrogen (secondary N) is 1. The van der Waals surface area contributed by atoms with E-state index in [1.54, 1.807) is 23.1 Å². The number of thioether (sulfide) groups is 1. The molecule has 0 aliphatic rings. The molecule has 144 valence electrons. The van der Waals surface area contributed by atoms with Crippen LogP contribution in [0, 0.1) is 10.1 Å². The molecule has 1 aromatic heterocycles. The molecule has 28 heavy (non-hydrogen) atoms. The van der Waals surface area contributed by atoms with Gasteiger partial charge in [0.05, 0.1) is 21.9 Å². The quantitative estimate of drug-likeness (QED) is 0.372. The minimum Gasteiger partial charge on any atom is -0.349 e. The highest BCUT2D eigenvalue weighted by atomic mass is 32.2. The van der Waals surface area contributed by atoms with Crippen molar-refractivity contribution in [2.24, 2.45) is 0 Å². The summed E-state index contributed by atoms with van der Waals surface area (Å²) in [6.07, 6.45) is 3.10. The van der Waals surface area contributed by atoms with Crippen molar-refractivity contribution >= 4 is 23.4 Å². The molecule has 0 saturated heterocycles. The normalized spacial score (nSPS) is 12.9. The first-order chi connectivity index (χ1) is 13.4. The van der Waals surface area contributed by atoms with Gasteiger partial charge in [0.15, 0.2) is 0 Å². The second kappa shape index (κ2) is 8.66. The molecule has 0 aliphatic carbocycles. The van der Waals surface area contributed by atoms with Crippen LogP contribution < -0.4 is 5.32 Å². The van der Waals surface area contributed by atoms with Gasteiger partial charge in [0.2, 0.25) is 5.91 Å². The molecule has 3 aromatic rings. The van der Waals surface area contributed by atoms with Crippen LogP contribution in [0.25, 0.3) is 5.69 Å². The van der Waals surface area contributed by atoms with Gasteiger partial charge in [0.1, 0.15) is 12.7 Å². The Morgan fingerprint density at radius 2 is 1.82 bits per heavy atom. The Bertz CT molecular complexity index is 943. The molecule has 1 amide bonds. The van der Waals surface area contributed by atoms with Gasteiger partial charge in [0.25, 0.3) is 5.69 Å². The Hall–Kier alpha value is -3.20. The van der Waals surface area contributed by atoms with Crippen LogP contribution in [0.2, 0.25) is 0 Å². The third-order valence-corrected chi connectivity index (χ3v) is 5.28. The lowest BCUT2D eigenvalue weighted by atomic mass is 10.1. The molecule has 3 rings (SSSR count). The smallest absolute Gasteiger partial charge is 0.269 e. The minimum absolute atomic E-state index is 0.0319. The average molecular weight is 397 g/mol. The van der Waals surface area contributed by atoms with E-state index in [4.69, 9.17) is 0 Å². The second-order valence-electron chi connectivity index (χ2n) is 6.17. The van der Waals surface area contributed by atoms with Crippen LogP contribution in [-0.2, 0) is 4.79 Å². The van der Waals surface area contributed by atoms with Crippen LogP contribution in [0.15, 0.2) is 66.1 Å². The van der Waals surface area contributed by atoms with E-state index in [1.807, 2.05) is 38.1 Å². The van der Waals surface area contributed by atoms with E-state index in [-0.39, 0.29) is 22.9 Å². The first-order valence-electron chi connectivity index (χ1n) is 8.60. The van der Waals surface area contributed by atoms with Gasteiger partial charge in [-0.25, -0.2) is 9.67 Å².